The van der Waals surface area contributed by atoms with Gasteiger partial charge in [0, 0.05) is 5.56 Å². The van der Waals surface area contributed by atoms with Crippen molar-refractivity contribution in [3.8, 4) is 16.3 Å². The molecule has 3 heterocycles. The van der Waals surface area contributed by atoms with Crippen LogP contribution >= 0.6 is 11.3 Å². The summed E-state index contributed by atoms with van der Waals surface area (Å²) >= 11 is 1.28. The summed E-state index contributed by atoms with van der Waals surface area (Å²) in [5.74, 6) is -1.22. The lowest BCUT2D eigenvalue weighted by Crippen LogP contribution is -2.41. The molecule has 0 spiro atoms. The van der Waals surface area contributed by atoms with Gasteiger partial charge in [-0.2, -0.15) is 18.3 Å². The van der Waals surface area contributed by atoms with Crippen LogP contribution < -0.4 is 10.9 Å². The fraction of sp³-hybridized carbons (Fsp3) is 0.0500. The van der Waals surface area contributed by atoms with Crippen molar-refractivity contribution in [2.75, 3.05) is 0 Å². The quantitative estimate of drug-likeness (QED) is 0.458. The Morgan fingerprint density at radius 2 is 1.74 bits per heavy atom. The van der Waals surface area contributed by atoms with Crippen LogP contribution in [0, 0.1) is 0 Å². The second kappa shape index (κ2) is 8.11. The Morgan fingerprint density at radius 3 is 2.35 bits per heavy atom. The van der Waals surface area contributed by atoms with E-state index in [4.69, 9.17) is 4.42 Å². The number of rotatable bonds is 4. The Labute approximate surface area is 177 Å². The molecule has 0 aliphatic heterocycles. The van der Waals surface area contributed by atoms with E-state index in [1.54, 1.807) is 17.5 Å². The van der Waals surface area contributed by atoms with Crippen LogP contribution in [0.2, 0.25) is 0 Å². The molecule has 31 heavy (non-hydrogen) atoms. The van der Waals surface area contributed by atoms with Crippen molar-refractivity contribution in [3.63, 3.8) is 0 Å². The molecule has 0 saturated heterocycles. The van der Waals surface area contributed by atoms with Crippen LogP contribution in [-0.2, 0) is 6.18 Å². The topological polar surface area (TPSA) is 89.2 Å². The summed E-state index contributed by atoms with van der Waals surface area (Å²) in [6, 6.07) is 13.1. The molecule has 4 aromatic rings. The zero-order chi connectivity index (χ0) is 22.0. The Kier molecular flexibility index (Phi) is 5.34. The van der Waals surface area contributed by atoms with E-state index < -0.39 is 23.7 Å². The van der Waals surface area contributed by atoms with Gasteiger partial charge < -0.3 is 4.42 Å². The monoisotopic (exact) mass is 446 g/mol. The summed E-state index contributed by atoms with van der Waals surface area (Å²) in [7, 11) is 0. The van der Waals surface area contributed by atoms with Gasteiger partial charge in [-0.1, -0.05) is 6.07 Å². The van der Waals surface area contributed by atoms with Crippen LogP contribution in [0.1, 0.15) is 26.6 Å². The normalized spacial score (nSPS) is 11.3. The van der Waals surface area contributed by atoms with Crippen LogP contribution in [0.15, 0.2) is 70.7 Å². The van der Waals surface area contributed by atoms with E-state index in [0.717, 1.165) is 6.07 Å². The minimum absolute atomic E-state index is 0.0240. The largest absolute Gasteiger partial charge is 0.459 e. The van der Waals surface area contributed by atoms with Gasteiger partial charge in [-0.25, -0.2) is 4.68 Å². The van der Waals surface area contributed by atoms with E-state index in [1.165, 1.54) is 58.7 Å². The van der Waals surface area contributed by atoms with Crippen LogP contribution in [0.3, 0.4) is 0 Å². The van der Waals surface area contributed by atoms with Crippen LogP contribution in [0.25, 0.3) is 16.3 Å². The molecular formula is C20H13F3N4O3S. The van der Waals surface area contributed by atoms with E-state index in [1.807, 2.05) is 0 Å². The Morgan fingerprint density at radius 1 is 1.00 bits per heavy atom. The predicted molar refractivity (Wildman–Crippen MR) is 106 cm³/mol. The molecule has 3 aromatic heterocycles. The average molecular weight is 446 g/mol. The number of hydrogen-bond donors (Lipinski definition) is 2. The lowest BCUT2D eigenvalue weighted by Gasteiger charge is -2.09. The highest BCUT2D eigenvalue weighted by atomic mass is 32.1. The number of furan rings is 1. The second-order valence-corrected chi connectivity index (χ2v) is 7.18. The van der Waals surface area contributed by atoms with E-state index in [9.17, 15) is 22.8 Å². The highest BCUT2D eigenvalue weighted by Crippen LogP contribution is 2.34. The highest BCUT2D eigenvalue weighted by molar-refractivity contribution is 7.13. The van der Waals surface area contributed by atoms with Crippen molar-refractivity contribution >= 4 is 23.2 Å². The van der Waals surface area contributed by atoms with Gasteiger partial charge in [0.2, 0.25) is 0 Å². The number of hydrogen-bond acceptors (Lipinski definition) is 5. The number of alkyl halides is 3. The molecule has 0 aliphatic carbocycles. The predicted octanol–water partition coefficient (Wildman–Crippen LogP) is 4.29. The fourth-order valence-corrected chi connectivity index (χ4v) is 3.45. The molecule has 0 bridgehead atoms. The number of thiophene rings is 1. The van der Waals surface area contributed by atoms with Gasteiger partial charge in [0.1, 0.15) is 0 Å². The first kappa shape index (κ1) is 20.4. The highest BCUT2D eigenvalue weighted by Gasteiger charge is 2.35. The molecule has 7 nitrogen and oxygen atoms in total. The molecule has 11 heteroatoms. The average Bonchev–Trinajstić information content (AvgIpc) is 3.51. The number of carbonyl (C=O) groups is 2. The fourth-order valence-electron chi connectivity index (χ4n) is 2.73. The minimum atomic E-state index is -4.59. The van der Waals surface area contributed by atoms with E-state index >= 15 is 0 Å². The maximum absolute atomic E-state index is 13.2. The smallest absolute Gasteiger partial charge is 0.435 e. The zero-order valence-corrected chi connectivity index (χ0v) is 16.3. The molecule has 158 valence electrons. The molecule has 0 atom stereocenters. The van der Waals surface area contributed by atoms with Crippen LogP contribution in [0.4, 0.5) is 13.2 Å². The van der Waals surface area contributed by atoms with Crippen LogP contribution in [-0.4, -0.2) is 21.6 Å². The number of amides is 2. The first-order valence-corrected chi connectivity index (χ1v) is 9.66. The summed E-state index contributed by atoms with van der Waals surface area (Å²) in [5, 5.41) is 5.45. The number of halogens is 3. The molecular weight excluding hydrogens is 433 g/mol. The summed E-state index contributed by atoms with van der Waals surface area (Å²) in [5.41, 5.74) is 4.23. The molecule has 0 aliphatic rings. The number of carbonyl (C=O) groups excluding carboxylic acids is 2. The van der Waals surface area contributed by atoms with E-state index in [0.29, 0.717) is 10.6 Å². The maximum atomic E-state index is 13.2. The third kappa shape index (κ3) is 4.36. The number of benzene rings is 1. The Bertz CT molecular complexity index is 1200. The van der Waals surface area contributed by atoms with E-state index in [2.05, 4.69) is 16.0 Å². The molecule has 0 unspecified atom stereocenters. The van der Waals surface area contributed by atoms with Crippen LogP contribution in [0.5, 0.6) is 0 Å². The molecule has 0 fully saturated rings. The van der Waals surface area contributed by atoms with Gasteiger partial charge in [0.15, 0.2) is 11.5 Å². The first-order valence-electron chi connectivity index (χ1n) is 8.79. The molecule has 2 amide bonds. The van der Waals surface area contributed by atoms with Gasteiger partial charge in [-0.05, 0) is 53.9 Å². The summed E-state index contributed by atoms with van der Waals surface area (Å²) in [6.45, 7) is 0. The van der Waals surface area contributed by atoms with E-state index in [-0.39, 0.29) is 17.0 Å². The van der Waals surface area contributed by atoms with Crippen molar-refractivity contribution in [3.05, 3.63) is 83.3 Å². The molecule has 0 radical (unpaired) electrons. The third-order valence-corrected chi connectivity index (χ3v) is 5.07. The molecule has 1 aromatic carbocycles. The number of nitrogens with one attached hydrogen (secondary N) is 2. The zero-order valence-electron chi connectivity index (χ0n) is 15.5. The Hall–Kier alpha value is -3.86. The number of nitrogens with zero attached hydrogens (tertiary/aromatic N) is 2. The molecule has 4 rings (SSSR count). The number of hydrazine groups is 1. The van der Waals surface area contributed by atoms with Gasteiger partial charge in [0.25, 0.3) is 5.91 Å². The first-order chi connectivity index (χ1) is 14.8. The lowest BCUT2D eigenvalue weighted by molar-refractivity contribution is -0.141. The summed E-state index contributed by atoms with van der Waals surface area (Å²) in [6.07, 6.45) is -3.28. The van der Waals surface area contributed by atoms with Gasteiger partial charge >= 0.3 is 12.1 Å². The van der Waals surface area contributed by atoms with Crippen molar-refractivity contribution in [1.29, 1.82) is 0 Å². The summed E-state index contributed by atoms with van der Waals surface area (Å²) < 4.78 is 45.7. The molecule has 2 N–H and O–H groups in total. The van der Waals surface area contributed by atoms with Gasteiger partial charge in [0.05, 0.1) is 22.5 Å². The van der Waals surface area contributed by atoms with Crippen molar-refractivity contribution in [1.82, 2.24) is 20.6 Å². The lowest BCUT2D eigenvalue weighted by atomic mass is 10.2. The standard InChI is InChI=1S/C20H13F3N4O3S/c21-20(22,23)17-11-14(16-4-2-10-31-16)27(26-17)13-7-5-12(6-8-13)18(28)24-25-19(29)15-3-1-9-30-15/h1-11H,(H,24,28)(H,25,29). The van der Waals surface area contributed by atoms with Crippen molar-refractivity contribution < 1.29 is 27.2 Å². The molecule has 0 saturated carbocycles. The number of aromatic nitrogens is 2. The van der Waals surface area contributed by atoms with Crippen molar-refractivity contribution in [2.24, 2.45) is 0 Å². The minimum Gasteiger partial charge on any atom is -0.459 e. The van der Waals surface area contributed by atoms with Gasteiger partial charge in [-0.3, -0.25) is 20.4 Å². The second-order valence-electron chi connectivity index (χ2n) is 6.23. The van der Waals surface area contributed by atoms with Gasteiger partial charge in [-0.15, -0.1) is 11.3 Å². The van der Waals surface area contributed by atoms with Crippen molar-refractivity contribution in [2.45, 2.75) is 6.18 Å². The SMILES string of the molecule is O=C(NNC(=O)c1ccco1)c1ccc(-n2nc(C(F)(F)F)cc2-c2cccs2)cc1. The Balaban J connectivity index is 1.55. The maximum Gasteiger partial charge on any atom is 0.435 e. The summed E-state index contributed by atoms with van der Waals surface area (Å²) in [4.78, 5) is 24.6. The third-order valence-electron chi connectivity index (χ3n) is 4.18.